The van der Waals surface area contributed by atoms with Gasteiger partial charge in [-0.05, 0) is 18.6 Å². The summed E-state index contributed by atoms with van der Waals surface area (Å²) in [6.07, 6.45) is 2.32. The maximum atomic E-state index is 11.7. The largest absolute Gasteiger partial charge is 0.331 e. The molecule has 0 aromatic heterocycles. The predicted molar refractivity (Wildman–Crippen MR) is 67.9 cm³/mol. The van der Waals surface area contributed by atoms with Gasteiger partial charge in [0.05, 0.1) is 5.69 Å². The zero-order valence-corrected chi connectivity index (χ0v) is 10.9. The average molecular weight is 303 g/mol. The van der Waals surface area contributed by atoms with Crippen LogP contribution in [0.5, 0.6) is 0 Å². The van der Waals surface area contributed by atoms with Gasteiger partial charge in [0.25, 0.3) is 10.0 Å². The molecule has 0 radical (unpaired) electrons. The Hall–Kier alpha value is -0.880. The Kier molecular flexibility index (Phi) is 3.30. The first kappa shape index (κ1) is 11.6. The summed E-state index contributed by atoms with van der Waals surface area (Å²) in [5.74, 6) is 0. The van der Waals surface area contributed by atoms with Crippen molar-refractivity contribution in [2.75, 3.05) is 16.8 Å². The van der Waals surface area contributed by atoms with Crippen LogP contribution in [0.15, 0.2) is 33.6 Å². The number of para-hydroxylation sites is 1. The fourth-order valence-electron chi connectivity index (χ4n) is 1.56. The molecule has 0 fully saturated rings. The van der Waals surface area contributed by atoms with Gasteiger partial charge in [-0.2, -0.15) is 8.42 Å². The number of benzene rings is 1. The minimum absolute atomic E-state index is 0.284. The van der Waals surface area contributed by atoms with Gasteiger partial charge in [0.1, 0.15) is 11.2 Å². The maximum Gasteiger partial charge on any atom is 0.285 e. The monoisotopic (exact) mass is 302 g/mol. The van der Waals surface area contributed by atoms with Crippen LogP contribution in [0.2, 0.25) is 0 Å². The van der Waals surface area contributed by atoms with Crippen molar-refractivity contribution in [1.29, 1.82) is 0 Å². The van der Waals surface area contributed by atoms with Crippen molar-refractivity contribution in [2.24, 2.45) is 4.40 Å². The molecule has 1 aliphatic heterocycles. The minimum Gasteiger partial charge on any atom is -0.331 e. The van der Waals surface area contributed by atoms with Crippen LogP contribution in [0, 0.1) is 0 Å². The summed E-state index contributed by atoms with van der Waals surface area (Å²) < 4.78 is 26.9. The quantitative estimate of drug-likeness (QED) is 0.803. The van der Waals surface area contributed by atoms with Crippen LogP contribution in [-0.4, -0.2) is 26.6 Å². The average Bonchev–Trinajstić information content (AvgIpc) is 2.29. The van der Waals surface area contributed by atoms with E-state index >= 15 is 0 Å². The number of hydrogen-bond donors (Lipinski definition) is 0. The standard InChI is InChI=1S/C10H11BrN2O2S/c11-6-3-7-13-8-12-16(14,15)10-5-2-1-4-9(10)13/h1-2,4-5,8H,3,6-7H2. The highest BCUT2D eigenvalue weighted by Crippen LogP contribution is 2.29. The van der Waals surface area contributed by atoms with Crippen LogP contribution in [0.3, 0.4) is 0 Å². The second-order valence-electron chi connectivity index (χ2n) is 3.40. The summed E-state index contributed by atoms with van der Waals surface area (Å²) in [5.41, 5.74) is 0.707. The van der Waals surface area contributed by atoms with Crippen LogP contribution in [0.25, 0.3) is 0 Å². The van der Waals surface area contributed by atoms with Gasteiger partial charge in [0.2, 0.25) is 0 Å². The van der Waals surface area contributed by atoms with Crippen molar-refractivity contribution >= 4 is 38.0 Å². The van der Waals surface area contributed by atoms with Crippen molar-refractivity contribution in [3.8, 4) is 0 Å². The Morgan fingerprint density at radius 1 is 1.31 bits per heavy atom. The summed E-state index contributed by atoms with van der Waals surface area (Å²) in [4.78, 5) is 2.14. The normalized spacial score (nSPS) is 17.2. The molecule has 16 heavy (non-hydrogen) atoms. The lowest BCUT2D eigenvalue weighted by atomic mass is 10.3. The highest BCUT2D eigenvalue weighted by Gasteiger charge is 2.24. The Morgan fingerprint density at radius 3 is 2.81 bits per heavy atom. The molecule has 86 valence electrons. The van der Waals surface area contributed by atoms with E-state index in [1.165, 1.54) is 6.34 Å². The third-order valence-electron chi connectivity index (χ3n) is 2.31. The van der Waals surface area contributed by atoms with E-state index in [4.69, 9.17) is 0 Å². The highest BCUT2D eigenvalue weighted by molar-refractivity contribution is 9.09. The summed E-state index contributed by atoms with van der Waals surface area (Å²) in [6.45, 7) is 0.751. The number of alkyl halides is 1. The van der Waals surface area contributed by atoms with Crippen molar-refractivity contribution in [3.05, 3.63) is 24.3 Å². The van der Waals surface area contributed by atoms with Gasteiger partial charge in [-0.1, -0.05) is 28.1 Å². The predicted octanol–water partition coefficient (Wildman–Crippen LogP) is 2.01. The third-order valence-corrected chi connectivity index (χ3v) is 4.14. The van der Waals surface area contributed by atoms with Gasteiger partial charge in [0.15, 0.2) is 0 Å². The molecule has 6 heteroatoms. The van der Waals surface area contributed by atoms with E-state index in [0.717, 1.165) is 18.3 Å². The summed E-state index contributed by atoms with van der Waals surface area (Å²) in [5, 5.41) is 0.881. The molecule has 0 unspecified atom stereocenters. The zero-order chi connectivity index (χ0) is 11.6. The molecule has 0 aliphatic carbocycles. The molecule has 1 aromatic carbocycles. The Bertz CT molecular complexity index is 513. The van der Waals surface area contributed by atoms with Crippen LogP contribution >= 0.6 is 15.9 Å². The van der Waals surface area contributed by atoms with Gasteiger partial charge in [-0.25, -0.2) is 0 Å². The number of rotatable bonds is 3. The van der Waals surface area contributed by atoms with Crippen LogP contribution in [-0.2, 0) is 10.0 Å². The van der Waals surface area contributed by atoms with E-state index in [1.54, 1.807) is 18.2 Å². The molecule has 0 saturated carbocycles. The lowest BCUT2D eigenvalue weighted by Gasteiger charge is -2.24. The smallest absolute Gasteiger partial charge is 0.285 e. The van der Waals surface area contributed by atoms with E-state index in [2.05, 4.69) is 20.3 Å². The Labute approximate surface area is 103 Å². The molecule has 0 spiro atoms. The molecule has 1 aromatic rings. The van der Waals surface area contributed by atoms with Crippen LogP contribution in [0.4, 0.5) is 5.69 Å². The van der Waals surface area contributed by atoms with Gasteiger partial charge < -0.3 is 4.90 Å². The second kappa shape index (κ2) is 4.55. The van der Waals surface area contributed by atoms with Gasteiger partial charge >= 0.3 is 0 Å². The molecule has 4 nitrogen and oxygen atoms in total. The molecule has 1 heterocycles. The van der Waals surface area contributed by atoms with Gasteiger partial charge in [0, 0.05) is 11.9 Å². The maximum absolute atomic E-state index is 11.7. The van der Waals surface area contributed by atoms with E-state index in [-0.39, 0.29) is 4.90 Å². The molecule has 2 rings (SSSR count). The molecular weight excluding hydrogens is 292 g/mol. The summed E-state index contributed by atoms with van der Waals surface area (Å²) in [6, 6.07) is 6.92. The van der Waals surface area contributed by atoms with Crippen molar-refractivity contribution in [3.63, 3.8) is 0 Å². The minimum atomic E-state index is -3.48. The van der Waals surface area contributed by atoms with Gasteiger partial charge in [-0.3, -0.25) is 0 Å². The number of sulfonamides is 1. The first-order valence-electron chi connectivity index (χ1n) is 4.87. The number of fused-ring (bicyclic) bond motifs is 1. The fraction of sp³-hybridized carbons (Fsp3) is 0.300. The number of anilines is 1. The molecule has 1 aliphatic rings. The van der Waals surface area contributed by atoms with E-state index in [0.29, 0.717) is 5.69 Å². The van der Waals surface area contributed by atoms with Crippen LogP contribution in [0.1, 0.15) is 6.42 Å². The van der Waals surface area contributed by atoms with E-state index < -0.39 is 10.0 Å². The fourth-order valence-corrected chi connectivity index (χ4v) is 2.86. The van der Waals surface area contributed by atoms with Gasteiger partial charge in [-0.15, -0.1) is 4.40 Å². The Morgan fingerprint density at radius 2 is 2.06 bits per heavy atom. The molecular formula is C10H11BrN2O2S. The lowest BCUT2D eigenvalue weighted by Crippen LogP contribution is -2.28. The topological polar surface area (TPSA) is 49.7 Å². The summed E-state index contributed by atoms with van der Waals surface area (Å²) in [7, 11) is -3.48. The Balaban J connectivity index is 2.41. The number of halogens is 1. The molecule has 0 N–H and O–H groups in total. The highest BCUT2D eigenvalue weighted by atomic mass is 79.9. The number of hydrogen-bond acceptors (Lipinski definition) is 3. The molecule has 0 saturated heterocycles. The van der Waals surface area contributed by atoms with E-state index in [1.807, 2.05) is 11.0 Å². The number of nitrogens with zero attached hydrogens (tertiary/aromatic N) is 2. The first-order valence-corrected chi connectivity index (χ1v) is 7.43. The van der Waals surface area contributed by atoms with Crippen molar-refractivity contribution in [2.45, 2.75) is 11.3 Å². The van der Waals surface area contributed by atoms with Crippen molar-refractivity contribution < 1.29 is 8.42 Å². The molecule has 0 bridgehead atoms. The van der Waals surface area contributed by atoms with Crippen molar-refractivity contribution in [1.82, 2.24) is 0 Å². The lowest BCUT2D eigenvalue weighted by molar-refractivity contribution is 0.597. The molecule has 0 atom stereocenters. The van der Waals surface area contributed by atoms with E-state index in [9.17, 15) is 8.42 Å². The van der Waals surface area contributed by atoms with Crippen LogP contribution < -0.4 is 4.90 Å². The summed E-state index contributed by atoms with van der Waals surface area (Å²) >= 11 is 3.35. The zero-order valence-electron chi connectivity index (χ0n) is 8.51. The SMILES string of the molecule is O=S1(=O)N=CN(CCCBr)c2ccccc21. The second-order valence-corrected chi connectivity index (χ2v) is 5.79. The molecule has 0 amide bonds. The first-order chi connectivity index (χ1) is 7.65. The third kappa shape index (κ3) is 2.12.